The Morgan fingerprint density at radius 3 is 2.43 bits per heavy atom. The molecule has 28 heavy (non-hydrogen) atoms. The van der Waals surface area contributed by atoms with E-state index in [-0.39, 0.29) is 5.91 Å². The van der Waals surface area contributed by atoms with E-state index in [1.165, 1.54) is 14.2 Å². The second kappa shape index (κ2) is 7.71. The molecule has 2 aromatic carbocycles. The summed E-state index contributed by atoms with van der Waals surface area (Å²) in [6, 6.07) is 11.5. The van der Waals surface area contributed by atoms with Crippen LogP contribution in [0.15, 0.2) is 42.5 Å². The zero-order valence-corrected chi connectivity index (χ0v) is 17.2. The second-order valence-electron chi connectivity index (χ2n) is 6.64. The molecule has 0 fully saturated rings. The van der Waals surface area contributed by atoms with Crippen LogP contribution < -0.4 is 18.7 Å². The van der Waals surface area contributed by atoms with Crippen LogP contribution in [0.3, 0.4) is 0 Å². The summed E-state index contributed by atoms with van der Waals surface area (Å²) in [7, 11) is -0.747. The first kappa shape index (κ1) is 20.0. The van der Waals surface area contributed by atoms with E-state index in [9.17, 15) is 13.2 Å². The van der Waals surface area contributed by atoms with Gasteiger partial charge in [0.2, 0.25) is 10.0 Å². The summed E-state index contributed by atoms with van der Waals surface area (Å²) in [5.41, 5.74) is 2.26. The van der Waals surface area contributed by atoms with Gasteiger partial charge in [-0.25, -0.2) is 8.42 Å². The normalized spacial score (nSPS) is 14.4. The first-order valence-electron chi connectivity index (χ1n) is 8.88. The molecule has 0 bridgehead atoms. The van der Waals surface area contributed by atoms with E-state index in [0.29, 0.717) is 23.7 Å². The molecule has 1 amide bonds. The Balaban J connectivity index is 1.98. The lowest BCUT2D eigenvalue weighted by Crippen LogP contribution is -2.49. The number of fused-ring (bicyclic) bond motifs is 1. The Morgan fingerprint density at radius 2 is 1.79 bits per heavy atom. The number of carbonyl (C=O) groups is 1. The third-order valence-corrected chi connectivity index (χ3v) is 6.08. The van der Waals surface area contributed by atoms with Gasteiger partial charge in [-0.2, -0.15) is 0 Å². The molecule has 3 rings (SSSR count). The molecule has 150 valence electrons. The third kappa shape index (κ3) is 3.64. The summed E-state index contributed by atoms with van der Waals surface area (Å²) < 4.78 is 36.8. The van der Waals surface area contributed by atoms with Crippen LogP contribution in [0.2, 0.25) is 0 Å². The van der Waals surface area contributed by atoms with Crippen LogP contribution in [0.5, 0.6) is 11.5 Å². The maximum atomic E-state index is 13.2. The first-order chi connectivity index (χ1) is 13.3. The number of hydrogen-bond donors (Lipinski definition) is 0. The molecule has 1 aliphatic rings. The maximum Gasteiger partial charge on any atom is 0.250 e. The predicted molar refractivity (Wildman–Crippen MR) is 109 cm³/mol. The fraction of sp³-hybridized carbons (Fsp3) is 0.350. The number of hydrogen-bond acceptors (Lipinski definition) is 5. The van der Waals surface area contributed by atoms with Crippen molar-refractivity contribution >= 4 is 27.3 Å². The summed E-state index contributed by atoms with van der Waals surface area (Å²) in [6.45, 7) is 2.13. The highest BCUT2D eigenvalue weighted by Gasteiger charge is 2.35. The molecule has 0 unspecified atom stereocenters. The highest BCUT2D eigenvalue weighted by molar-refractivity contribution is 7.92. The van der Waals surface area contributed by atoms with Crippen molar-refractivity contribution in [1.82, 2.24) is 0 Å². The zero-order chi connectivity index (χ0) is 20.5. The summed E-state index contributed by atoms with van der Waals surface area (Å²) in [5, 5.41) is 0. The van der Waals surface area contributed by atoms with Crippen LogP contribution in [-0.2, 0) is 21.2 Å². The highest BCUT2D eigenvalue weighted by Crippen LogP contribution is 2.34. The molecule has 1 atom stereocenters. The van der Waals surface area contributed by atoms with Crippen LogP contribution in [0, 0.1) is 0 Å². The van der Waals surface area contributed by atoms with E-state index in [1.807, 2.05) is 24.3 Å². The molecule has 0 radical (unpaired) electrons. The van der Waals surface area contributed by atoms with E-state index >= 15 is 0 Å². The van der Waals surface area contributed by atoms with Crippen LogP contribution >= 0.6 is 0 Å². The summed E-state index contributed by atoms with van der Waals surface area (Å²) >= 11 is 0. The van der Waals surface area contributed by atoms with Crippen molar-refractivity contribution in [1.29, 1.82) is 0 Å². The quantitative estimate of drug-likeness (QED) is 0.739. The van der Waals surface area contributed by atoms with Gasteiger partial charge in [-0.05, 0) is 37.1 Å². The lowest BCUT2D eigenvalue weighted by Gasteiger charge is -2.31. The number of amides is 1. The summed E-state index contributed by atoms with van der Waals surface area (Å²) in [5.74, 6) is 0.595. The largest absolute Gasteiger partial charge is 0.493 e. The Kier molecular flexibility index (Phi) is 5.51. The van der Waals surface area contributed by atoms with Gasteiger partial charge in [-0.15, -0.1) is 0 Å². The average molecular weight is 404 g/mol. The number of benzene rings is 2. The minimum absolute atomic E-state index is 0.273. The molecule has 7 nitrogen and oxygen atoms in total. The number of ether oxygens (including phenoxy) is 2. The Hall–Kier alpha value is -2.74. The smallest absolute Gasteiger partial charge is 0.250 e. The van der Waals surface area contributed by atoms with E-state index < -0.39 is 16.1 Å². The SMILES string of the molecule is COc1ccc(N([C@@H](C)C(=O)N2CCc3ccccc32)S(C)(=O)=O)cc1OC. The fourth-order valence-corrected chi connectivity index (χ4v) is 4.72. The van der Waals surface area contributed by atoms with Crippen LogP contribution in [0.25, 0.3) is 0 Å². The van der Waals surface area contributed by atoms with E-state index in [0.717, 1.165) is 28.2 Å². The number of methoxy groups -OCH3 is 2. The molecule has 0 aliphatic carbocycles. The summed E-state index contributed by atoms with van der Waals surface area (Å²) in [6.07, 6.45) is 1.84. The number of carbonyl (C=O) groups excluding carboxylic acids is 1. The predicted octanol–water partition coefficient (Wildman–Crippen LogP) is 2.45. The summed E-state index contributed by atoms with van der Waals surface area (Å²) in [4.78, 5) is 14.9. The number of rotatable bonds is 6. The highest BCUT2D eigenvalue weighted by atomic mass is 32.2. The Labute approximate surface area is 165 Å². The van der Waals surface area contributed by atoms with Crippen LogP contribution in [0.4, 0.5) is 11.4 Å². The zero-order valence-electron chi connectivity index (χ0n) is 16.4. The molecule has 0 spiro atoms. The van der Waals surface area contributed by atoms with Gasteiger partial charge in [0.25, 0.3) is 5.91 Å². The van der Waals surface area contributed by atoms with Crippen molar-refractivity contribution in [2.24, 2.45) is 0 Å². The van der Waals surface area contributed by atoms with Gasteiger partial charge in [-0.1, -0.05) is 18.2 Å². The lowest BCUT2D eigenvalue weighted by molar-refractivity contribution is -0.119. The molecular formula is C20H24N2O5S. The standard InChI is InChI=1S/C20H24N2O5S/c1-14(20(23)21-12-11-15-7-5-6-8-17(15)21)22(28(4,24)25)16-9-10-18(26-2)19(13-16)27-3/h5-10,13-14H,11-12H2,1-4H3/t14-/m0/s1. The van der Waals surface area contributed by atoms with E-state index in [4.69, 9.17) is 9.47 Å². The molecule has 0 N–H and O–H groups in total. The number of nitrogens with zero attached hydrogens (tertiary/aromatic N) is 2. The minimum Gasteiger partial charge on any atom is -0.493 e. The Morgan fingerprint density at radius 1 is 1.11 bits per heavy atom. The number of anilines is 2. The third-order valence-electron chi connectivity index (χ3n) is 4.84. The second-order valence-corrected chi connectivity index (χ2v) is 8.50. The minimum atomic E-state index is -3.72. The Bertz CT molecular complexity index is 990. The fourth-order valence-electron chi connectivity index (χ4n) is 3.56. The van der Waals surface area contributed by atoms with Gasteiger partial charge >= 0.3 is 0 Å². The van der Waals surface area contributed by atoms with Gasteiger partial charge in [-0.3, -0.25) is 9.10 Å². The molecule has 0 saturated carbocycles. The molecule has 1 heterocycles. The van der Waals surface area contributed by atoms with Gasteiger partial charge in [0.15, 0.2) is 11.5 Å². The van der Waals surface area contributed by atoms with Crippen LogP contribution in [0.1, 0.15) is 12.5 Å². The number of sulfonamides is 1. The molecule has 1 aliphatic heterocycles. The van der Waals surface area contributed by atoms with Crippen LogP contribution in [-0.4, -0.2) is 47.4 Å². The maximum absolute atomic E-state index is 13.2. The van der Waals surface area contributed by atoms with Gasteiger partial charge in [0.05, 0.1) is 26.2 Å². The molecule has 2 aromatic rings. The topological polar surface area (TPSA) is 76.2 Å². The van der Waals surface area contributed by atoms with Crippen molar-refractivity contribution in [3.05, 3.63) is 48.0 Å². The van der Waals surface area contributed by atoms with Crippen molar-refractivity contribution < 1.29 is 22.7 Å². The molecule has 8 heteroatoms. The van der Waals surface area contributed by atoms with Gasteiger partial charge in [0.1, 0.15) is 6.04 Å². The lowest BCUT2D eigenvalue weighted by atomic mass is 10.2. The van der Waals surface area contributed by atoms with Crippen molar-refractivity contribution in [3.8, 4) is 11.5 Å². The molecular weight excluding hydrogens is 380 g/mol. The first-order valence-corrected chi connectivity index (χ1v) is 10.7. The van der Waals surface area contributed by atoms with E-state index in [1.54, 1.807) is 30.0 Å². The monoisotopic (exact) mass is 404 g/mol. The molecule has 0 aromatic heterocycles. The van der Waals surface area contributed by atoms with Crippen molar-refractivity contribution in [3.63, 3.8) is 0 Å². The number of para-hydroxylation sites is 1. The molecule has 0 saturated heterocycles. The average Bonchev–Trinajstić information content (AvgIpc) is 3.10. The van der Waals surface area contributed by atoms with Gasteiger partial charge in [0, 0.05) is 18.3 Å². The van der Waals surface area contributed by atoms with Crippen molar-refractivity contribution in [2.75, 3.05) is 36.2 Å². The van der Waals surface area contributed by atoms with E-state index in [2.05, 4.69) is 0 Å². The van der Waals surface area contributed by atoms with Gasteiger partial charge < -0.3 is 14.4 Å². The van der Waals surface area contributed by atoms with Crippen molar-refractivity contribution in [2.45, 2.75) is 19.4 Å².